The summed E-state index contributed by atoms with van der Waals surface area (Å²) in [6.07, 6.45) is 5.08. The molecule has 144 valence electrons. The second-order valence-electron chi connectivity index (χ2n) is 7.00. The number of aromatic nitrogens is 2. The van der Waals surface area contributed by atoms with Crippen LogP contribution in [0.5, 0.6) is 0 Å². The van der Waals surface area contributed by atoms with E-state index in [0.29, 0.717) is 37.1 Å². The molecule has 1 amide bonds. The number of ether oxygens (including phenoxy) is 2. The number of halogens is 1. The summed E-state index contributed by atoms with van der Waals surface area (Å²) in [6, 6.07) is 7.58. The number of hydrogen-bond acceptors (Lipinski definition) is 4. The van der Waals surface area contributed by atoms with Crippen LogP contribution in [-0.4, -0.2) is 48.2 Å². The average molecular weight is 390 g/mol. The molecule has 0 spiro atoms. The largest absolute Gasteiger partial charge is 0.376 e. The van der Waals surface area contributed by atoms with Crippen molar-refractivity contribution in [1.82, 2.24) is 15.1 Å². The van der Waals surface area contributed by atoms with Gasteiger partial charge in [-0.15, -0.1) is 0 Å². The molecule has 4 rings (SSSR count). The number of nitrogens with one attached hydrogen (secondary N) is 1. The number of fused-ring (bicyclic) bond motifs is 1. The van der Waals surface area contributed by atoms with Crippen molar-refractivity contribution in [2.75, 3.05) is 26.4 Å². The van der Waals surface area contributed by atoms with Crippen molar-refractivity contribution >= 4 is 17.5 Å². The summed E-state index contributed by atoms with van der Waals surface area (Å²) in [7, 11) is 0. The van der Waals surface area contributed by atoms with E-state index in [-0.39, 0.29) is 12.0 Å². The minimum atomic E-state index is -0.143. The van der Waals surface area contributed by atoms with Crippen LogP contribution in [0.4, 0.5) is 0 Å². The number of amides is 1. The van der Waals surface area contributed by atoms with Crippen molar-refractivity contribution in [3.63, 3.8) is 0 Å². The third-order valence-corrected chi connectivity index (χ3v) is 5.34. The smallest absolute Gasteiger partial charge is 0.272 e. The number of hydrogen-bond donors (Lipinski definition) is 1. The maximum Gasteiger partial charge on any atom is 0.272 e. The highest BCUT2D eigenvalue weighted by atomic mass is 35.5. The highest BCUT2D eigenvalue weighted by Gasteiger charge is 2.25. The molecule has 0 radical (unpaired) electrons. The maximum absolute atomic E-state index is 12.9. The molecule has 1 aromatic heterocycles. The third-order valence-electron chi connectivity index (χ3n) is 5.09. The van der Waals surface area contributed by atoms with Crippen LogP contribution in [0.25, 0.3) is 5.69 Å². The van der Waals surface area contributed by atoms with Crippen LogP contribution in [-0.2, 0) is 22.3 Å². The molecule has 1 N–H and O–H groups in total. The summed E-state index contributed by atoms with van der Waals surface area (Å²) in [5.41, 5.74) is 3.66. The number of rotatable bonds is 4. The van der Waals surface area contributed by atoms with Crippen molar-refractivity contribution in [1.29, 1.82) is 0 Å². The molecular weight excluding hydrogens is 366 g/mol. The zero-order valence-corrected chi connectivity index (χ0v) is 16.0. The van der Waals surface area contributed by atoms with Gasteiger partial charge in [-0.3, -0.25) is 4.79 Å². The minimum Gasteiger partial charge on any atom is -0.376 e. The molecule has 2 aliphatic rings. The van der Waals surface area contributed by atoms with Crippen LogP contribution in [0, 0.1) is 0 Å². The Balaban J connectivity index is 1.59. The van der Waals surface area contributed by atoms with Gasteiger partial charge in [0, 0.05) is 22.8 Å². The molecule has 1 aromatic carbocycles. The highest BCUT2D eigenvalue weighted by Crippen LogP contribution is 2.27. The molecule has 1 saturated heterocycles. The Labute approximate surface area is 163 Å². The van der Waals surface area contributed by atoms with Gasteiger partial charge < -0.3 is 14.8 Å². The van der Waals surface area contributed by atoms with Crippen LogP contribution in [0.2, 0.25) is 5.02 Å². The van der Waals surface area contributed by atoms with Crippen molar-refractivity contribution in [3.05, 3.63) is 46.2 Å². The second kappa shape index (κ2) is 8.42. The second-order valence-corrected chi connectivity index (χ2v) is 7.44. The lowest BCUT2D eigenvalue weighted by Gasteiger charge is -2.22. The molecule has 6 nitrogen and oxygen atoms in total. The predicted molar refractivity (Wildman–Crippen MR) is 103 cm³/mol. The number of benzene rings is 1. The SMILES string of the molecule is O=C(NC[C@@H]1COCCO1)c1nn(-c2ccc(Cl)cc2)c2c1CCCCC2. The van der Waals surface area contributed by atoms with Gasteiger partial charge in [0.1, 0.15) is 0 Å². The van der Waals surface area contributed by atoms with E-state index in [9.17, 15) is 4.79 Å². The van der Waals surface area contributed by atoms with E-state index in [1.54, 1.807) is 0 Å². The summed E-state index contributed by atoms with van der Waals surface area (Å²) in [6.45, 7) is 2.13. The molecule has 1 atom stereocenters. The van der Waals surface area contributed by atoms with Gasteiger partial charge in [0.25, 0.3) is 5.91 Å². The van der Waals surface area contributed by atoms with E-state index < -0.39 is 0 Å². The van der Waals surface area contributed by atoms with Crippen LogP contribution in [0.15, 0.2) is 24.3 Å². The number of carbonyl (C=O) groups excluding carboxylic acids is 1. The van der Waals surface area contributed by atoms with Crippen LogP contribution in [0.3, 0.4) is 0 Å². The van der Waals surface area contributed by atoms with Crippen molar-refractivity contribution in [2.24, 2.45) is 0 Å². The van der Waals surface area contributed by atoms with Gasteiger partial charge in [0.15, 0.2) is 5.69 Å². The zero-order valence-electron chi connectivity index (χ0n) is 15.2. The highest BCUT2D eigenvalue weighted by molar-refractivity contribution is 6.30. The minimum absolute atomic E-state index is 0.0975. The molecule has 0 saturated carbocycles. The molecule has 0 unspecified atom stereocenters. The Bertz CT molecular complexity index is 798. The van der Waals surface area contributed by atoms with E-state index in [4.69, 9.17) is 21.1 Å². The Kier molecular flexibility index (Phi) is 5.76. The topological polar surface area (TPSA) is 65.4 Å². The van der Waals surface area contributed by atoms with Gasteiger partial charge in [-0.05, 0) is 49.9 Å². The summed E-state index contributed by atoms with van der Waals surface area (Å²) >= 11 is 6.02. The first-order valence-corrected chi connectivity index (χ1v) is 9.94. The Morgan fingerprint density at radius 1 is 1.19 bits per heavy atom. The molecular formula is C20H24ClN3O3. The first kappa shape index (κ1) is 18.5. The molecule has 2 heterocycles. The fraction of sp³-hybridized carbons (Fsp3) is 0.500. The number of nitrogens with zero attached hydrogens (tertiary/aromatic N) is 2. The van der Waals surface area contributed by atoms with Gasteiger partial charge in [-0.1, -0.05) is 18.0 Å². The van der Waals surface area contributed by atoms with Crippen molar-refractivity contribution in [3.8, 4) is 5.69 Å². The first-order valence-electron chi connectivity index (χ1n) is 9.56. The molecule has 1 aliphatic carbocycles. The van der Waals surface area contributed by atoms with Gasteiger partial charge >= 0.3 is 0 Å². The average Bonchev–Trinajstić information content (AvgIpc) is 2.89. The first-order chi connectivity index (χ1) is 13.2. The van der Waals surface area contributed by atoms with E-state index in [2.05, 4.69) is 10.4 Å². The molecule has 1 aliphatic heterocycles. The van der Waals surface area contributed by atoms with Gasteiger partial charge in [0.05, 0.1) is 31.6 Å². The van der Waals surface area contributed by atoms with E-state index in [1.807, 2.05) is 28.9 Å². The van der Waals surface area contributed by atoms with E-state index >= 15 is 0 Å². The standard InChI is InChI=1S/C20H24ClN3O3/c21-14-6-8-15(9-7-14)24-18-5-3-1-2-4-17(18)19(23-24)20(25)22-12-16-13-26-10-11-27-16/h6-9,16H,1-5,10-13H2,(H,22,25)/t16-/m1/s1. The summed E-state index contributed by atoms with van der Waals surface area (Å²) in [5, 5.41) is 8.34. The van der Waals surface area contributed by atoms with Crippen molar-refractivity contribution in [2.45, 2.75) is 38.2 Å². The number of carbonyl (C=O) groups is 1. The Morgan fingerprint density at radius 2 is 2.00 bits per heavy atom. The summed E-state index contributed by atoms with van der Waals surface area (Å²) < 4.78 is 12.9. The van der Waals surface area contributed by atoms with Gasteiger partial charge in [0.2, 0.25) is 0 Å². The summed E-state index contributed by atoms with van der Waals surface area (Å²) in [5.74, 6) is -0.143. The van der Waals surface area contributed by atoms with Crippen molar-refractivity contribution < 1.29 is 14.3 Å². The van der Waals surface area contributed by atoms with Crippen LogP contribution >= 0.6 is 11.6 Å². The fourth-order valence-corrected chi connectivity index (χ4v) is 3.82. The molecule has 2 aromatic rings. The lowest BCUT2D eigenvalue weighted by atomic mass is 10.1. The zero-order chi connectivity index (χ0) is 18.6. The normalized spacial score (nSPS) is 20.0. The lowest BCUT2D eigenvalue weighted by Crippen LogP contribution is -2.40. The maximum atomic E-state index is 12.9. The molecule has 1 fully saturated rings. The molecule has 0 bridgehead atoms. The molecule has 27 heavy (non-hydrogen) atoms. The van der Waals surface area contributed by atoms with Gasteiger partial charge in [-0.25, -0.2) is 4.68 Å². The Hall–Kier alpha value is -1.89. The third kappa shape index (κ3) is 4.18. The van der Waals surface area contributed by atoms with Crippen LogP contribution in [0.1, 0.15) is 41.0 Å². The lowest BCUT2D eigenvalue weighted by molar-refractivity contribution is -0.0855. The monoisotopic (exact) mass is 389 g/mol. The summed E-state index contributed by atoms with van der Waals surface area (Å²) in [4.78, 5) is 12.9. The van der Waals surface area contributed by atoms with Gasteiger partial charge in [-0.2, -0.15) is 5.10 Å². The van der Waals surface area contributed by atoms with E-state index in [1.165, 1.54) is 6.42 Å². The van der Waals surface area contributed by atoms with Crippen LogP contribution < -0.4 is 5.32 Å². The fourth-order valence-electron chi connectivity index (χ4n) is 3.70. The molecule has 7 heteroatoms. The Morgan fingerprint density at radius 3 is 2.78 bits per heavy atom. The quantitative estimate of drug-likeness (QED) is 0.816. The van der Waals surface area contributed by atoms with E-state index in [0.717, 1.165) is 42.6 Å². The predicted octanol–water partition coefficient (Wildman–Crippen LogP) is 2.94.